The Balaban J connectivity index is 1.37. The molecule has 1 N–H and O–H groups in total. The Morgan fingerprint density at radius 3 is 2.57 bits per heavy atom. The van der Waals surface area contributed by atoms with Crippen LogP contribution < -0.4 is 5.32 Å². The molecule has 1 aliphatic heterocycles. The molecule has 0 spiro atoms. The van der Waals surface area contributed by atoms with E-state index in [0.29, 0.717) is 6.04 Å². The summed E-state index contributed by atoms with van der Waals surface area (Å²) in [4.78, 5) is 21.0. The van der Waals surface area contributed by atoms with E-state index < -0.39 is 0 Å². The summed E-state index contributed by atoms with van der Waals surface area (Å²) in [5, 5.41) is 3.22. The first-order valence-corrected chi connectivity index (χ1v) is 8.98. The summed E-state index contributed by atoms with van der Waals surface area (Å²) in [5.41, 5.74) is 0. The minimum absolute atomic E-state index is 0.141. The summed E-state index contributed by atoms with van der Waals surface area (Å²) in [6, 6.07) is 0.542. The molecule has 2 amide bonds. The van der Waals surface area contributed by atoms with Crippen molar-refractivity contribution in [2.24, 2.45) is 0 Å². The quantitative estimate of drug-likeness (QED) is 0.921. The number of nitrogens with zero attached hydrogens (tertiary/aromatic N) is 4. The molecule has 1 saturated carbocycles. The van der Waals surface area contributed by atoms with Gasteiger partial charge in [-0.2, -0.15) is 0 Å². The molecule has 2 heterocycles. The number of hydrogen-bond acceptors (Lipinski definition) is 3. The molecule has 1 aromatic heterocycles. The van der Waals surface area contributed by atoms with Crippen LogP contribution in [0.5, 0.6) is 0 Å². The minimum atomic E-state index is 0.141. The number of carbonyl (C=O) groups excluding carboxylic acids is 1. The highest BCUT2D eigenvalue weighted by atomic mass is 16.2. The maximum absolute atomic E-state index is 12.3. The molecule has 2 aliphatic rings. The number of piperazine rings is 1. The Kier molecular flexibility index (Phi) is 5.54. The van der Waals surface area contributed by atoms with Crippen molar-refractivity contribution in [2.45, 2.75) is 51.6 Å². The normalized spacial score (nSPS) is 20.7. The van der Waals surface area contributed by atoms with Gasteiger partial charge in [0.2, 0.25) is 0 Å². The van der Waals surface area contributed by atoms with Gasteiger partial charge in [-0.25, -0.2) is 9.78 Å². The Labute approximate surface area is 138 Å². The van der Waals surface area contributed by atoms with E-state index in [1.54, 1.807) is 0 Å². The molecule has 6 nitrogen and oxygen atoms in total. The number of hydrogen-bond donors (Lipinski definition) is 1. The first-order valence-electron chi connectivity index (χ1n) is 8.98. The van der Waals surface area contributed by atoms with Gasteiger partial charge in [0.25, 0.3) is 0 Å². The van der Waals surface area contributed by atoms with Gasteiger partial charge >= 0.3 is 6.03 Å². The largest absolute Gasteiger partial charge is 0.335 e. The summed E-state index contributed by atoms with van der Waals surface area (Å²) < 4.78 is 2.18. The predicted octanol–water partition coefficient (Wildman–Crippen LogP) is 1.85. The van der Waals surface area contributed by atoms with Crippen LogP contribution in [0.25, 0.3) is 0 Å². The van der Waals surface area contributed by atoms with Crippen molar-refractivity contribution >= 4 is 6.03 Å². The Morgan fingerprint density at radius 1 is 1.17 bits per heavy atom. The molecule has 0 atom stereocenters. The zero-order valence-electron chi connectivity index (χ0n) is 14.2. The van der Waals surface area contributed by atoms with Crippen molar-refractivity contribution in [1.82, 2.24) is 24.7 Å². The zero-order chi connectivity index (χ0) is 16.1. The lowest BCUT2D eigenvalue weighted by Gasteiger charge is -2.36. The summed E-state index contributed by atoms with van der Waals surface area (Å²) in [6.45, 7) is 7.63. The molecule has 128 valence electrons. The fraction of sp³-hybridized carbons (Fsp3) is 0.765. The van der Waals surface area contributed by atoms with Crippen LogP contribution in [0, 0.1) is 6.92 Å². The second-order valence-corrected chi connectivity index (χ2v) is 6.78. The van der Waals surface area contributed by atoms with Crippen LogP contribution in [-0.2, 0) is 6.54 Å². The topological polar surface area (TPSA) is 53.4 Å². The Hall–Kier alpha value is -1.56. The molecule has 3 rings (SSSR count). The van der Waals surface area contributed by atoms with Gasteiger partial charge in [-0.1, -0.05) is 19.3 Å². The van der Waals surface area contributed by atoms with Crippen molar-refractivity contribution in [1.29, 1.82) is 0 Å². The number of aromatic nitrogens is 2. The molecule has 0 bridgehead atoms. The fourth-order valence-electron chi connectivity index (χ4n) is 3.58. The summed E-state index contributed by atoms with van der Waals surface area (Å²) in [6.07, 6.45) is 10.0. The average molecular weight is 319 g/mol. The molecule has 1 aromatic rings. The second-order valence-electron chi connectivity index (χ2n) is 6.78. The minimum Gasteiger partial charge on any atom is -0.335 e. The number of urea groups is 1. The van der Waals surface area contributed by atoms with E-state index in [4.69, 9.17) is 0 Å². The molecule has 0 aromatic carbocycles. The van der Waals surface area contributed by atoms with Crippen LogP contribution in [0.4, 0.5) is 4.79 Å². The standard InChI is InChI=1S/C17H29N5O/c1-15-18-7-8-21(15)12-9-20-10-13-22(14-11-20)17(23)19-16-5-3-2-4-6-16/h7-8,16H,2-6,9-14H2,1H3,(H,19,23). The molecule has 23 heavy (non-hydrogen) atoms. The number of nitrogens with one attached hydrogen (secondary N) is 1. The highest BCUT2D eigenvalue weighted by Gasteiger charge is 2.23. The molecule has 6 heteroatoms. The van der Waals surface area contributed by atoms with E-state index in [1.165, 1.54) is 19.3 Å². The Bertz CT molecular complexity index is 501. The maximum atomic E-state index is 12.3. The smallest absolute Gasteiger partial charge is 0.317 e. The summed E-state index contributed by atoms with van der Waals surface area (Å²) in [5.74, 6) is 1.07. The van der Waals surface area contributed by atoms with Crippen molar-refractivity contribution in [3.63, 3.8) is 0 Å². The van der Waals surface area contributed by atoms with Gasteiger partial charge in [-0.05, 0) is 19.8 Å². The van der Waals surface area contributed by atoms with Crippen molar-refractivity contribution in [3.8, 4) is 0 Å². The van der Waals surface area contributed by atoms with E-state index in [-0.39, 0.29) is 6.03 Å². The lowest BCUT2D eigenvalue weighted by molar-refractivity contribution is 0.133. The van der Waals surface area contributed by atoms with E-state index in [0.717, 1.165) is 57.9 Å². The average Bonchev–Trinajstić information content (AvgIpc) is 2.99. The predicted molar refractivity (Wildman–Crippen MR) is 90.4 cm³/mol. The number of imidazole rings is 1. The van der Waals surface area contributed by atoms with E-state index >= 15 is 0 Å². The molecular formula is C17H29N5O. The van der Waals surface area contributed by atoms with Crippen molar-refractivity contribution in [2.75, 3.05) is 32.7 Å². The van der Waals surface area contributed by atoms with Gasteiger partial charge in [-0.3, -0.25) is 4.90 Å². The third kappa shape index (κ3) is 4.47. The van der Waals surface area contributed by atoms with E-state index in [9.17, 15) is 4.79 Å². The maximum Gasteiger partial charge on any atom is 0.317 e. The van der Waals surface area contributed by atoms with Crippen LogP contribution in [0.1, 0.15) is 37.9 Å². The van der Waals surface area contributed by atoms with Crippen molar-refractivity contribution < 1.29 is 4.79 Å². The van der Waals surface area contributed by atoms with Gasteiger partial charge in [0.15, 0.2) is 0 Å². The van der Waals surface area contributed by atoms with E-state index in [2.05, 4.69) is 19.8 Å². The molecule has 0 radical (unpaired) electrons. The van der Waals surface area contributed by atoms with Crippen LogP contribution in [-0.4, -0.2) is 64.1 Å². The lowest BCUT2D eigenvalue weighted by Crippen LogP contribution is -2.54. The first-order chi connectivity index (χ1) is 11.2. The van der Waals surface area contributed by atoms with Gasteiger partial charge in [0.1, 0.15) is 5.82 Å². The molecule has 1 aliphatic carbocycles. The van der Waals surface area contributed by atoms with Crippen molar-refractivity contribution in [3.05, 3.63) is 18.2 Å². The van der Waals surface area contributed by atoms with Crippen LogP contribution in [0.3, 0.4) is 0 Å². The van der Waals surface area contributed by atoms with Crippen LogP contribution in [0.2, 0.25) is 0 Å². The highest BCUT2D eigenvalue weighted by Crippen LogP contribution is 2.17. The Morgan fingerprint density at radius 2 is 1.91 bits per heavy atom. The molecule has 1 saturated heterocycles. The summed E-state index contributed by atoms with van der Waals surface area (Å²) in [7, 11) is 0. The fourth-order valence-corrected chi connectivity index (χ4v) is 3.58. The van der Waals surface area contributed by atoms with Gasteiger partial charge in [-0.15, -0.1) is 0 Å². The molecular weight excluding hydrogens is 290 g/mol. The van der Waals surface area contributed by atoms with E-state index in [1.807, 2.05) is 24.2 Å². The van der Waals surface area contributed by atoms with Crippen LogP contribution >= 0.6 is 0 Å². The van der Waals surface area contributed by atoms with Gasteiger partial charge < -0.3 is 14.8 Å². The summed E-state index contributed by atoms with van der Waals surface area (Å²) >= 11 is 0. The third-order valence-corrected chi connectivity index (χ3v) is 5.17. The monoisotopic (exact) mass is 319 g/mol. The third-order valence-electron chi connectivity index (χ3n) is 5.17. The van der Waals surface area contributed by atoms with Gasteiger partial charge in [0, 0.05) is 57.7 Å². The first kappa shape index (κ1) is 16.3. The number of rotatable bonds is 4. The lowest BCUT2D eigenvalue weighted by atomic mass is 9.96. The number of carbonyl (C=O) groups is 1. The number of aryl methyl sites for hydroxylation is 1. The zero-order valence-corrected chi connectivity index (χ0v) is 14.2. The molecule has 0 unspecified atom stereocenters. The number of amides is 2. The van der Waals surface area contributed by atoms with Gasteiger partial charge in [0.05, 0.1) is 0 Å². The second kappa shape index (κ2) is 7.81. The highest BCUT2D eigenvalue weighted by molar-refractivity contribution is 5.74. The SMILES string of the molecule is Cc1nccn1CCN1CCN(C(=O)NC2CCCCC2)CC1. The molecule has 2 fully saturated rings. The van der Waals surface area contributed by atoms with Crippen LogP contribution in [0.15, 0.2) is 12.4 Å².